The zero-order valence-electron chi connectivity index (χ0n) is 56.8. The topological polar surface area (TPSA) is 276 Å². The molecule has 6 aliphatic rings. The molecule has 0 aromatic heterocycles. The monoisotopic (exact) mass is 1490 g/mol. The highest BCUT2D eigenvalue weighted by atomic mass is 19.4. The third kappa shape index (κ3) is 15.9. The Morgan fingerprint density at radius 1 is 0.510 bits per heavy atom. The highest BCUT2D eigenvalue weighted by Crippen LogP contribution is 2.64. The number of halogens is 18. The van der Waals surface area contributed by atoms with E-state index in [9.17, 15) is 128 Å². The molecular formula is C62H82F18O20. The maximum absolute atomic E-state index is 14.0. The fraction of sp³-hybridized carbons (Fsp3) is 0.839. The van der Waals surface area contributed by atoms with Gasteiger partial charge in [0.05, 0.1) is 35.2 Å². The highest BCUT2D eigenvalue weighted by Gasteiger charge is 2.78. The van der Waals surface area contributed by atoms with Crippen molar-refractivity contribution in [3.63, 3.8) is 0 Å². The molecule has 6 rings (SSSR count). The molecule has 4 saturated carbocycles. The van der Waals surface area contributed by atoms with Gasteiger partial charge >= 0.3 is 72.9 Å². The van der Waals surface area contributed by atoms with E-state index in [-0.39, 0.29) is 44.3 Å². The second-order valence-electron chi connectivity index (χ2n) is 29.3. The highest BCUT2D eigenvalue weighted by molar-refractivity contribution is 6.03. The summed E-state index contributed by atoms with van der Waals surface area (Å²) in [5.41, 5.74) is -28.3. The molecule has 100 heavy (non-hydrogen) atoms. The molecule has 6 fully saturated rings. The molecule has 4 N–H and O–H groups in total. The molecule has 0 spiro atoms. The minimum absolute atomic E-state index is 0.0144. The van der Waals surface area contributed by atoms with Crippen LogP contribution in [0, 0.1) is 40.9 Å². The molecule has 38 heteroatoms. The van der Waals surface area contributed by atoms with E-state index in [0.717, 1.165) is 69.2 Å². The number of hydrogen-bond donors (Lipinski definition) is 4. The van der Waals surface area contributed by atoms with Crippen LogP contribution in [0.5, 0.6) is 0 Å². The summed E-state index contributed by atoms with van der Waals surface area (Å²) in [6.07, 6.45) is -55.5. The van der Waals surface area contributed by atoms with Crippen molar-refractivity contribution in [3.05, 3.63) is 24.3 Å². The van der Waals surface area contributed by atoms with Gasteiger partial charge in [-0.15, -0.1) is 0 Å². The van der Waals surface area contributed by atoms with Gasteiger partial charge < -0.3 is 67.8 Å². The van der Waals surface area contributed by atoms with Gasteiger partial charge in [0, 0.05) is 47.7 Å². The minimum Gasteiger partial charge on any atom is -0.459 e. The maximum atomic E-state index is 14.0. The summed E-state index contributed by atoms with van der Waals surface area (Å²) in [7, 11) is 0. The quantitative estimate of drug-likeness (QED) is 0.0206. The Kier molecular flexibility index (Phi) is 23.3. The van der Waals surface area contributed by atoms with Crippen molar-refractivity contribution < 1.29 is 176 Å². The van der Waals surface area contributed by atoms with Crippen LogP contribution in [0.3, 0.4) is 0 Å². The maximum Gasteiger partial charge on any atom is 0.428 e. The summed E-state index contributed by atoms with van der Waals surface area (Å²) < 4.78 is 300. The van der Waals surface area contributed by atoms with E-state index in [4.69, 9.17) is 47.4 Å². The summed E-state index contributed by atoms with van der Waals surface area (Å²) in [5, 5.41) is 40.1. The van der Waals surface area contributed by atoms with E-state index in [1.54, 1.807) is 0 Å². The Balaban J connectivity index is 0.000000361. The fourth-order valence-electron chi connectivity index (χ4n) is 13.8. The molecule has 0 amide bonds. The van der Waals surface area contributed by atoms with Gasteiger partial charge in [0.2, 0.25) is 0 Å². The van der Waals surface area contributed by atoms with Crippen LogP contribution in [0.2, 0.25) is 0 Å². The standard InChI is InChI=1S/2C31H41F9O10/c1-13(2)21(41)47-19-16-10-17-20(19)48-23(43)27(17,11-16)22(42)46-18(12-24(5,6)49-14(3)26(9,44)29(32,33)34)25(7,8)50-15(4)28(45,30(35,36)37)31(38,39)40;1-12(2)22(41)47-20-15-10-16-19(24(43)48-21(16)20)18(15)23(42)46-17(11-25(5,6)49-13(3)27(9,44)29(32,33)34)26(7,8)50-14(4)28(45,30(35,36)37)31(38,39)40/h14-20,44-45H,1,10-12H2,2-9H3;13-21,44-45H,1,10-11H2,2-9H3. The molecule has 2 heterocycles. The van der Waals surface area contributed by atoms with E-state index in [0.29, 0.717) is 13.8 Å². The Hall–Kier alpha value is -5.28. The lowest BCUT2D eigenvalue weighted by molar-refractivity contribution is -0.401. The predicted molar refractivity (Wildman–Crippen MR) is 301 cm³/mol. The molecule has 4 bridgehead atoms. The Morgan fingerprint density at radius 3 is 1.24 bits per heavy atom. The molecular weight excluding hydrogens is 1410 g/mol. The van der Waals surface area contributed by atoms with Gasteiger partial charge in [0.1, 0.15) is 60.0 Å². The number of fused-ring (bicyclic) bond motifs is 2. The first-order valence-electron chi connectivity index (χ1n) is 31.0. The Morgan fingerprint density at radius 2 is 0.880 bits per heavy atom. The van der Waals surface area contributed by atoms with Crippen LogP contribution in [0.4, 0.5) is 79.0 Å². The molecule has 0 radical (unpaired) electrons. The summed E-state index contributed by atoms with van der Waals surface area (Å²) in [6, 6.07) is 0. The van der Waals surface area contributed by atoms with Gasteiger partial charge in [-0.05, 0) is 130 Å². The van der Waals surface area contributed by atoms with Crippen molar-refractivity contribution in [2.45, 2.75) is 286 Å². The number of alkyl halides is 18. The van der Waals surface area contributed by atoms with Gasteiger partial charge in [0.15, 0.2) is 16.6 Å². The van der Waals surface area contributed by atoms with Gasteiger partial charge in [-0.1, -0.05) is 13.2 Å². The summed E-state index contributed by atoms with van der Waals surface area (Å²) in [6.45, 7) is 21.0. The zero-order chi connectivity index (χ0) is 78.0. The van der Waals surface area contributed by atoms with Crippen molar-refractivity contribution >= 4 is 35.8 Å². The smallest absolute Gasteiger partial charge is 0.428 e. The van der Waals surface area contributed by atoms with Crippen molar-refractivity contribution in [2.75, 3.05) is 0 Å². The third-order valence-corrected chi connectivity index (χ3v) is 19.9. The van der Waals surface area contributed by atoms with Gasteiger partial charge in [-0.2, -0.15) is 79.0 Å². The van der Waals surface area contributed by atoms with Crippen LogP contribution in [0.25, 0.3) is 0 Å². The first-order valence-corrected chi connectivity index (χ1v) is 31.0. The van der Waals surface area contributed by atoms with Gasteiger partial charge in [-0.25, -0.2) is 9.59 Å². The van der Waals surface area contributed by atoms with Crippen LogP contribution in [-0.2, 0) is 76.1 Å². The van der Waals surface area contributed by atoms with Crippen LogP contribution in [0.15, 0.2) is 24.3 Å². The molecule has 19 unspecified atom stereocenters. The van der Waals surface area contributed by atoms with Crippen LogP contribution < -0.4 is 0 Å². The second-order valence-corrected chi connectivity index (χ2v) is 29.3. The third-order valence-electron chi connectivity index (χ3n) is 19.9. The lowest BCUT2D eigenvalue weighted by Crippen LogP contribution is -2.66. The van der Waals surface area contributed by atoms with Crippen LogP contribution in [-0.4, -0.2) is 199 Å². The molecule has 0 aromatic carbocycles. The van der Waals surface area contributed by atoms with E-state index >= 15 is 0 Å². The fourth-order valence-corrected chi connectivity index (χ4v) is 13.8. The number of esters is 6. The number of ether oxygens (including phenoxy) is 10. The average molecular weight is 1490 g/mol. The Bertz CT molecular complexity index is 3060. The molecule has 4 aliphatic carbocycles. The number of aliphatic hydroxyl groups is 4. The summed E-state index contributed by atoms with van der Waals surface area (Å²) >= 11 is 0. The van der Waals surface area contributed by atoms with Crippen LogP contribution >= 0.6 is 0 Å². The molecule has 0 aromatic rings. The zero-order valence-corrected chi connectivity index (χ0v) is 56.8. The first-order chi connectivity index (χ1) is 44.4. The average Bonchev–Trinajstić information content (AvgIpc) is 1.53. The summed E-state index contributed by atoms with van der Waals surface area (Å²) in [4.78, 5) is 78.5. The lowest BCUT2D eigenvalue weighted by Gasteiger charge is -2.45. The minimum atomic E-state index is -6.32. The summed E-state index contributed by atoms with van der Waals surface area (Å²) in [5.74, 6) is -11.7. The SMILES string of the molecule is C=C(C)C(=O)OC1C2CC3C1OC(=O)C3(C(=O)OC(CC(C)(C)OC(C)C(C)(O)C(F)(F)F)C(C)(C)OC(C)C(O)(C(F)(F)F)C(F)(F)F)C2.C=C(C)C(=O)OC1C2CC3C1OC(=O)C3C2C(=O)OC(CC(C)(C)OC(C)C(C)(O)C(F)(F)F)C(C)(C)OC(C)C(O)(C(F)(F)F)C(F)(F)F. The normalized spacial score (nSPS) is 28.8. The van der Waals surface area contributed by atoms with Crippen molar-refractivity contribution in [1.82, 2.24) is 0 Å². The number of hydrogen-bond acceptors (Lipinski definition) is 20. The van der Waals surface area contributed by atoms with Gasteiger partial charge in [-0.3, -0.25) is 19.2 Å². The van der Waals surface area contributed by atoms with E-state index in [2.05, 4.69) is 13.2 Å². The van der Waals surface area contributed by atoms with Crippen molar-refractivity contribution in [3.8, 4) is 0 Å². The lowest BCUT2D eigenvalue weighted by atomic mass is 9.73. The predicted octanol–water partition coefficient (Wildman–Crippen LogP) is 10.4. The Labute approximate surface area is 561 Å². The van der Waals surface area contributed by atoms with Crippen molar-refractivity contribution in [1.29, 1.82) is 0 Å². The molecule has 576 valence electrons. The van der Waals surface area contributed by atoms with E-state index < -0.39 is 232 Å². The second kappa shape index (κ2) is 27.3. The number of carbonyl (C=O) groups excluding carboxylic acids is 6. The molecule has 19 atom stereocenters. The van der Waals surface area contributed by atoms with E-state index in [1.807, 2.05) is 0 Å². The number of rotatable bonds is 26. The van der Waals surface area contributed by atoms with E-state index in [1.165, 1.54) is 13.8 Å². The molecule has 2 aliphatic heterocycles. The van der Waals surface area contributed by atoms with Gasteiger partial charge in [0.25, 0.3) is 11.2 Å². The van der Waals surface area contributed by atoms with Crippen molar-refractivity contribution in [2.24, 2.45) is 40.9 Å². The van der Waals surface area contributed by atoms with Crippen LogP contribution in [0.1, 0.15) is 143 Å². The number of carbonyl (C=O) groups is 6. The molecule has 20 nitrogen and oxygen atoms in total. The molecule has 2 saturated heterocycles. The largest absolute Gasteiger partial charge is 0.459 e. The first kappa shape index (κ1) is 85.4.